The summed E-state index contributed by atoms with van der Waals surface area (Å²) in [6.07, 6.45) is 5.72. The Morgan fingerprint density at radius 2 is 1.96 bits per heavy atom. The Balaban J connectivity index is 1.43. The van der Waals surface area contributed by atoms with Crippen molar-refractivity contribution < 1.29 is 4.79 Å². The fourth-order valence-corrected chi connectivity index (χ4v) is 4.91. The molecule has 7 heteroatoms. The summed E-state index contributed by atoms with van der Waals surface area (Å²) in [6, 6.07) is 8.49. The van der Waals surface area contributed by atoms with E-state index in [0.29, 0.717) is 6.54 Å². The number of hydrogen-bond donors (Lipinski definition) is 0. The SMILES string of the molecule is Cc1nc(CN2C(=O)c3cccn3[C@@H]3CN(Cc4ccncc4)C[C@H]32)cs1. The summed E-state index contributed by atoms with van der Waals surface area (Å²) in [5.41, 5.74) is 3.02. The molecule has 5 rings (SSSR count). The van der Waals surface area contributed by atoms with Gasteiger partial charge in [0.05, 0.1) is 29.3 Å². The molecule has 0 aromatic carbocycles. The molecule has 27 heavy (non-hydrogen) atoms. The van der Waals surface area contributed by atoms with Crippen molar-refractivity contribution in [2.45, 2.75) is 32.1 Å². The second kappa shape index (κ2) is 6.58. The Kier molecular flexibility index (Phi) is 4.06. The highest BCUT2D eigenvalue weighted by atomic mass is 32.1. The van der Waals surface area contributed by atoms with Gasteiger partial charge in [-0.1, -0.05) is 0 Å². The van der Waals surface area contributed by atoms with Crippen LogP contribution in [-0.4, -0.2) is 49.4 Å². The molecule has 0 spiro atoms. The number of aromatic nitrogens is 3. The number of carbonyl (C=O) groups is 1. The van der Waals surface area contributed by atoms with Gasteiger partial charge in [-0.2, -0.15) is 0 Å². The third kappa shape index (κ3) is 2.96. The molecule has 0 aliphatic carbocycles. The van der Waals surface area contributed by atoms with Crippen molar-refractivity contribution in [3.8, 4) is 0 Å². The van der Waals surface area contributed by atoms with Crippen molar-refractivity contribution in [2.75, 3.05) is 13.1 Å². The van der Waals surface area contributed by atoms with E-state index in [4.69, 9.17) is 0 Å². The Morgan fingerprint density at radius 3 is 2.74 bits per heavy atom. The quantitative estimate of drug-likeness (QED) is 0.699. The van der Waals surface area contributed by atoms with Crippen LogP contribution in [0.25, 0.3) is 0 Å². The molecule has 2 aliphatic rings. The second-order valence-corrected chi connectivity index (χ2v) is 8.34. The Morgan fingerprint density at radius 1 is 1.15 bits per heavy atom. The first kappa shape index (κ1) is 16.6. The largest absolute Gasteiger partial charge is 0.337 e. The maximum atomic E-state index is 13.2. The van der Waals surface area contributed by atoms with Gasteiger partial charge in [0.25, 0.3) is 5.91 Å². The molecule has 0 saturated carbocycles. The lowest BCUT2D eigenvalue weighted by atomic mass is 10.1. The zero-order valence-electron chi connectivity index (χ0n) is 15.2. The third-order valence-electron chi connectivity index (χ3n) is 5.51. The lowest BCUT2D eigenvalue weighted by Gasteiger charge is -2.38. The molecule has 2 aliphatic heterocycles. The summed E-state index contributed by atoms with van der Waals surface area (Å²) in [5, 5.41) is 3.11. The standard InChI is InChI=1S/C20H21N5OS/c1-14-22-16(13-27-14)10-25-19-12-23(9-15-4-6-21-7-5-15)11-18(19)24-8-2-3-17(24)20(25)26/h2-8,13,18-19H,9-12H2,1H3/t18-,19-/m1/s1. The normalized spacial score (nSPS) is 22.1. The van der Waals surface area contributed by atoms with Gasteiger partial charge in [0.2, 0.25) is 0 Å². The van der Waals surface area contributed by atoms with Gasteiger partial charge in [-0.25, -0.2) is 4.98 Å². The number of amides is 1. The highest BCUT2D eigenvalue weighted by Gasteiger charge is 2.44. The highest BCUT2D eigenvalue weighted by Crippen LogP contribution is 2.35. The summed E-state index contributed by atoms with van der Waals surface area (Å²) in [7, 11) is 0. The second-order valence-electron chi connectivity index (χ2n) is 7.28. The van der Waals surface area contributed by atoms with Gasteiger partial charge in [-0.05, 0) is 36.8 Å². The summed E-state index contributed by atoms with van der Waals surface area (Å²) in [4.78, 5) is 26.3. The molecule has 1 amide bonds. The van der Waals surface area contributed by atoms with E-state index < -0.39 is 0 Å². The molecule has 3 aromatic heterocycles. The van der Waals surface area contributed by atoms with Crippen LogP contribution in [0.4, 0.5) is 0 Å². The molecule has 0 bridgehead atoms. The van der Waals surface area contributed by atoms with Crippen LogP contribution in [0.2, 0.25) is 0 Å². The van der Waals surface area contributed by atoms with Crippen LogP contribution in [0.15, 0.2) is 48.2 Å². The average molecular weight is 379 g/mol. The van der Waals surface area contributed by atoms with E-state index in [2.05, 4.69) is 36.9 Å². The number of hydrogen-bond acceptors (Lipinski definition) is 5. The third-order valence-corrected chi connectivity index (χ3v) is 6.33. The van der Waals surface area contributed by atoms with E-state index in [9.17, 15) is 4.79 Å². The zero-order chi connectivity index (χ0) is 18.4. The van der Waals surface area contributed by atoms with Crippen LogP contribution in [0, 0.1) is 6.92 Å². The fraction of sp³-hybridized carbons (Fsp3) is 0.350. The molecule has 0 N–H and O–H groups in total. The van der Waals surface area contributed by atoms with Gasteiger partial charge in [0.1, 0.15) is 5.69 Å². The van der Waals surface area contributed by atoms with Crippen molar-refractivity contribution in [3.63, 3.8) is 0 Å². The van der Waals surface area contributed by atoms with Crippen molar-refractivity contribution in [2.24, 2.45) is 0 Å². The van der Waals surface area contributed by atoms with Crippen LogP contribution >= 0.6 is 11.3 Å². The summed E-state index contributed by atoms with van der Waals surface area (Å²) in [5.74, 6) is 0.109. The van der Waals surface area contributed by atoms with Gasteiger partial charge in [0, 0.05) is 43.6 Å². The molecule has 6 nitrogen and oxygen atoms in total. The Hall–Kier alpha value is -2.51. The Labute approximate surface area is 162 Å². The summed E-state index contributed by atoms with van der Waals surface area (Å²) in [6.45, 7) is 5.28. The van der Waals surface area contributed by atoms with E-state index in [1.165, 1.54) is 5.56 Å². The van der Waals surface area contributed by atoms with Crippen LogP contribution in [-0.2, 0) is 13.1 Å². The van der Waals surface area contributed by atoms with E-state index >= 15 is 0 Å². The summed E-state index contributed by atoms with van der Waals surface area (Å²) >= 11 is 1.64. The van der Waals surface area contributed by atoms with E-state index in [0.717, 1.165) is 36.0 Å². The van der Waals surface area contributed by atoms with Gasteiger partial charge in [0.15, 0.2) is 0 Å². The predicted octanol–water partition coefficient (Wildman–Crippen LogP) is 2.73. The molecule has 0 unspecified atom stereocenters. The number of rotatable bonds is 4. The maximum Gasteiger partial charge on any atom is 0.271 e. The first-order valence-corrected chi connectivity index (χ1v) is 10.1. The van der Waals surface area contributed by atoms with E-state index in [-0.39, 0.29) is 18.0 Å². The minimum absolute atomic E-state index is 0.109. The van der Waals surface area contributed by atoms with Gasteiger partial charge in [-0.3, -0.25) is 14.7 Å². The number of aryl methyl sites for hydroxylation is 1. The number of nitrogens with zero attached hydrogens (tertiary/aromatic N) is 5. The average Bonchev–Trinajstić information content (AvgIpc) is 3.39. The molecule has 0 radical (unpaired) electrons. The topological polar surface area (TPSA) is 54.3 Å². The first-order chi connectivity index (χ1) is 13.2. The number of carbonyl (C=O) groups excluding carboxylic acids is 1. The van der Waals surface area contributed by atoms with E-state index in [1.54, 1.807) is 11.3 Å². The molecule has 5 heterocycles. The van der Waals surface area contributed by atoms with Crippen molar-refractivity contribution in [3.05, 3.63) is 70.2 Å². The molecule has 3 aromatic rings. The van der Waals surface area contributed by atoms with Crippen molar-refractivity contribution in [1.29, 1.82) is 0 Å². The molecular weight excluding hydrogens is 358 g/mol. The molecule has 1 fully saturated rings. The minimum Gasteiger partial charge on any atom is -0.337 e. The molecule has 1 saturated heterocycles. The zero-order valence-corrected chi connectivity index (χ0v) is 16.0. The van der Waals surface area contributed by atoms with Crippen LogP contribution < -0.4 is 0 Å². The summed E-state index contributed by atoms with van der Waals surface area (Å²) < 4.78 is 2.17. The fourth-order valence-electron chi connectivity index (χ4n) is 4.31. The Bertz CT molecular complexity index is 966. The van der Waals surface area contributed by atoms with Crippen LogP contribution in [0.5, 0.6) is 0 Å². The van der Waals surface area contributed by atoms with Crippen LogP contribution in [0.3, 0.4) is 0 Å². The number of thiazole rings is 1. The van der Waals surface area contributed by atoms with Gasteiger partial charge in [-0.15, -0.1) is 11.3 Å². The first-order valence-electron chi connectivity index (χ1n) is 9.19. The highest BCUT2D eigenvalue weighted by molar-refractivity contribution is 7.09. The number of likely N-dealkylation sites (tertiary alicyclic amines) is 1. The smallest absolute Gasteiger partial charge is 0.271 e. The lowest BCUT2D eigenvalue weighted by Crippen LogP contribution is -2.49. The lowest BCUT2D eigenvalue weighted by molar-refractivity contribution is 0.0553. The van der Waals surface area contributed by atoms with Gasteiger partial charge >= 0.3 is 0 Å². The van der Waals surface area contributed by atoms with Crippen molar-refractivity contribution in [1.82, 2.24) is 24.3 Å². The van der Waals surface area contributed by atoms with Crippen LogP contribution in [0.1, 0.15) is 32.8 Å². The monoisotopic (exact) mass is 379 g/mol. The van der Waals surface area contributed by atoms with Gasteiger partial charge < -0.3 is 9.47 Å². The number of fused-ring (bicyclic) bond motifs is 3. The number of pyridine rings is 1. The predicted molar refractivity (Wildman–Crippen MR) is 103 cm³/mol. The van der Waals surface area contributed by atoms with Crippen molar-refractivity contribution >= 4 is 17.2 Å². The molecule has 138 valence electrons. The maximum absolute atomic E-state index is 13.2. The minimum atomic E-state index is 0.109. The molecule has 2 atom stereocenters. The molecular formula is C20H21N5OS. The van der Waals surface area contributed by atoms with E-state index in [1.807, 2.05) is 42.5 Å².